The van der Waals surface area contributed by atoms with E-state index in [2.05, 4.69) is 12.1 Å². The van der Waals surface area contributed by atoms with Crippen molar-refractivity contribution < 1.29 is 14.3 Å². The van der Waals surface area contributed by atoms with Crippen LogP contribution in [0.2, 0.25) is 0 Å². The van der Waals surface area contributed by atoms with E-state index in [9.17, 15) is 9.59 Å². The summed E-state index contributed by atoms with van der Waals surface area (Å²) in [5.74, 6) is 0.126. The van der Waals surface area contributed by atoms with Gasteiger partial charge in [0.2, 0.25) is 0 Å². The molecular formula is C18H25NO3. The molecule has 0 aromatic heterocycles. The van der Waals surface area contributed by atoms with Gasteiger partial charge in [-0.05, 0) is 45.1 Å². The number of rotatable bonds is 4. The van der Waals surface area contributed by atoms with Crippen LogP contribution in [0.5, 0.6) is 0 Å². The number of hydrogen-bond donors (Lipinski definition) is 0. The van der Waals surface area contributed by atoms with Crippen molar-refractivity contribution in [3.05, 3.63) is 35.9 Å². The third-order valence-corrected chi connectivity index (χ3v) is 3.96. The first-order valence-corrected chi connectivity index (χ1v) is 7.86. The minimum absolute atomic E-state index is 0.0868. The Kier molecular flexibility index (Phi) is 5.22. The van der Waals surface area contributed by atoms with E-state index in [1.165, 1.54) is 5.56 Å². The molecule has 2 atom stereocenters. The summed E-state index contributed by atoms with van der Waals surface area (Å²) in [6.07, 6.45) is 2.51. The number of hydrogen-bond acceptors (Lipinski definition) is 3. The summed E-state index contributed by atoms with van der Waals surface area (Å²) in [5, 5.41) is 0. The molecule has 120 valence electrons. The van der Waals surface area contributed by atoms with Crippen molar-refractivity contribution in [2.75, 3.05) is 13.1 Å². The number of ether oxygens (including phenoxy) is 1. The van der Waals surface area contributed by atoms with E-state index in [1.807, 2.05) is 39.0 Å². The zero-order valence-corrected chi connectivity index (χ0v) is 13.6. The smallest absolute Gasteiger partial charge is 0.410 e. The Bertz CT molecular complexity index is 507. The summed E-state index contributed by atoms with van der Waals surface area (Å²) >= 11 is 0. The van der Waals surface area contributed by atoms with Crippen LogP contribution in [-0.4, -0.2) is 36.0 Å². The molecule has 0 bridgehead atoms. The number of carbonyl (C=O) groups is 2. The van der Waals surface area contributed by atoms with Crippen LogP contribution in [0.4, 0.5) is 4.79 Å². The van der Waals surface area contributed by atoms with Gasteiger partial charge in [-0.2, -0.15) is 0 Å². The molecule has 1 saturated heterocycles. The third kappa shape index (κ3) is 4.58. The Labute approximate surface area is 132 Å². The standard InChI is InChI=1S/C18H25NO3/c1-18(2,3)22-17(21)19-11-15(16(12-19)13-20)10-9-14-7-5-4-6-8-14/h4-8,13,15-16H,9-12H2,1-3H3. The number of amides is 1. The maximum Gasteiger partial charge on any atom is 0.410 e. The molecule has 4 heteroatoms. The van der Waals surface area contributed by atoms with Gasteiger partial charge in [-0.25, -0.2) is 4.79 Å². The highest BCUT2D eigenvalue weighted by molar-refractivity contribution is 5.70. The maximum absolute atomic E-state index is 12.1. The highest BCUT2D eigenvalue weighted by Crippen LogP contribution is 2.27. The Hall–Kier alpha value is -1.84. The first-order valence-electron chi connectivity index (χ1n) is 7.86. The zero-order chi connectivity index (χ0) is 16.2. The van der Waals surface area contributed by atoms with E-state index in [1.54, 1.807) is 4.90 Å². The molecular weight excluding hydrogens is 278 g/mol. The van der Waals surface area contributed by atoms with Crippen molar-refractivity contribution in [3.63, 3.8) is 0 Å². The summed E-state index contributed by atoms with van der Waals surface area (Å²) in [4.78, 5) is 25.1. The number of benzene rings is 1. The van der Waals surface area contributed by atoms with Crippen molar-refractivity contribution in [2.24, 2.45) is 11.8 Å². The van der Waals surface area contributed by atoms with Gasteiger partial charge in [0.15, 0.2) is 0 Å². The lowest BCUT2D eigenvalue weighted by atomic mass is 9.91. The van der Waals surface area contributed by atoms with Crippen LogP contribution < -0.4 is 0 Å². The molecule has 1 aromatic carbocycles. The lowest BCUT2D eigenvalue weighted by Crippen LogP contribution is -2.35. The molecule has 1 aliphatic rings. The predicted molar refractivity (Wildman–Crippen MR) is 85.6 cm³/mol. The van der Waals surface area contributed by atoms with Gasteiger partial charge in [-0.1, -0.05) is 30.3 Å². The highest BCUT2D eigenvalue weighted by Gasteiger charge is 2.36. The molecule has 2 rings (SSSR count). The molecule has 1 amide bonds. The number of aldehydes is 1. The van der Waals surface area contributed by atoms with Gasteiger partial charge in [0.25, 0.3) is 0 Å². The topological polar surface area (TPSA) is 46.6 Å². The van der Waals surface area contributed by atoms with Gasteiger partial charge in [0, 0.05) is 19.0 Å². The summed E-state index contributed by atoms with van der Waals surface area (Å²) in [5.41, 5.74) is 0.762. The molecule has 1 aromatic rings. The molecule has 22 heavy (non-hydrogen) atoms. The Morgan fingerprint density at radius 1 is 1.27 bits per heavy atom. The minimum atomic E-state index is -0.504. The van der Waals surface area contributed by atoms with Gasteiger partial charge in [-0.3, -0.25) is 0 Å². The summed E-state index contributed by atoms with van der Waals surface area (Å²) < 4.78 is 5.40. The summed E-state index contributed by atoms with van der Waals surface area (Å²) in [7, 11) is 0. The fraction of sp³-hybridized carbons (Fsp3) is 0.556. The van der Waals surface area contributed by atoms with Crippen molar-refractivity contribution >= 4 is 12.4 Å². The molecule has 0 aliphatic carbocycles. The zero-order valence-electron chi connectivity index (χ0n) is 13.6. The molecule has 0 saturated carbocycles. The molecule has 2 unspecified atom stereocenters. The first kappa shape index (κ1) is 16.5. The van der Waals surface area contributed by atoms with E-state index in [0.29, 0.717) is 13.1 Å². The average molecular weight is 303 g/mol. The second-order valence-electron chi connectivity index (χ2n) is 6.97. The molecule has 0 N–H and O–H groups in total. The summed E-state index contributed by atoms with van der Waals surface area (Å²) in [6.45, 7) is 6.63. The van der Waals surface area contributed by atoms with Crippen LogP contribution in [0.15, 0.2) is 30.3 Å². The third-order valence-electron chi connectivity index (χ3n) is 3.96. The average Bonchev–Trinajstić information content (AvgIpc) is 2.88. The number of carbonyl (C=O) groups excluding carboxylic acids is 2. The second kappa shape index (κ2) is 6.95. The Morgan fingerprint density at radius 3 is 2.55 bits per heavy atom. The largest absolute Gasteiger partial charge is 0.444 e. The summed E-state index contributed by atoms with van der Waals surface area (Å²) in [6, 6.07) is 10.2. The van der Waals surface area contributed by atoms with Crippen LogP contribution in [-0.2, 0) is 16.0 Å². The molecule has 0 spiro atoms. The Morgan fingerprint density at radius 2 is 1.95 bits per heavy atom. The molecule has 1 heterocycles. The Balaban J connectivity index is 1.92. The lowest BCUT2D eigenvalue weighted by molar-refractivity contribution is -0.111. The van der Waals surface area contributed by atoms with E-state index >= 15 is 0 Å². The van der Waals surface area contributed by atoms with Crippen LogP contribution in [0.25, 0.3) is 0 Å². The maximum atomic E-state index is 12.1. The van der Waals surface area contributed by atoms with E-state index in [-0.39, 0.29) is 17.9 Å². The predicted octanol–water partition coefficient (Wildman–Crippen LogP) is 3.30. The lowest BCUT2D eigenvalue weighted by Gasteiger charge is -2.24. The fourth-order valence-corrected chi connectivity index (χ4v) is 2.83. The van der Waals surface area contributed by atoms with Crippen molar-refractivity contribution in [1.82, 2.24) is 4.90 Å². The quantitative estimate of drug-likeness (QED) is 0.802. The normalized spacial score (nSPS) is 21.7. The molecule has 1 fully saturated rings. The minimum Gasteiger partial charge on any atom is -0.444 e. The van der Waals surface area contributed by atoms with Crippen molar-refractivity contribution in [2.45, 2.75) is 39.2 Å². The van der Waals surface area contributed by atoms with E-state index in [4.69, 9.17) is 4.74 Å². The molecule has 0 radical (unpaired) electrons. The van der Waals surface area contributed by atoms with Gasteiger partial charge in [-0.15, -0.1) is 0 Å². The number of aryl methyl sites for hydroxylation is 1. The molecule has 4 nitrogen and oxygen atoms in total. The van der Waals surface area contributed by atoms with Crippen LogP contribution in [0.3, 0.4) is 0 Å². The van der Waals surface area contributed by atoms with Crippen LogP contribution in [0, 0.1) is 11.8 Å². The van der Waals surface area contributed by atoms with E-state index in [0.717, 1.165) is 19.1 Å². The van der Waals surface area contributed by atoms with Gasteiger partial charge in [0.1, 0.15) is 11.9 Å². The number of likely N-dealkylation sites (tertiary alicyclic amines) is 1. The van der Waals surface area contributed by atoms with E-state index < -0.39 is 5.60 Å². The van der Waals surface area contributed by atoms with Crippen molar-refractivity contribution in [3.8, 4) is 0 Å². The molecule has 1 aliphatic heterocycles. The van der Waals surface area contributed by atoms with Crippen molar-refractivity contribution in [1.29, 1.82) is 0 Å². The fourth-order valence-electron chi connectivity index (χ4n) is 2.83. The van der Waals surface area contributed by atoms with Gasteiger partial charge >= 0.3 is 6.09 Å². The highest BCUT2D eigenvalue weighted by atomic mass is 16.6. The van der Waals surface area contributed by atoms with Gasteiger partial charge < -0.3 is 14.4 Å². The van der Waals surface area contributed by atoms with Crippen LogP contribution >= 0.6 is 0 Å². The first-order chi connectivity index (χ1) is 10.4. The van der Waals surface area contributed by atoms with Crippen LogP contribution in [0.1, 0.15) is 32.8 Å². The van der Waals surface area contributed by atoms with Gasteiger partial charge in [0.05, 0.1) is 0 Å². The monoisotopic (exact) mass is 303 g/mol. The SMILES string of the molecule is CC(C)(C)OC(=O)N1CC(C=O)C(CCc2ccccc2)C1. The number of nitrogens with zero attached hydrogens (tertiary/aromatic N) is 1. The second-order valence-corrected chi connectivity index (χ2v) is 6.97.